The molecule has 0 aliphatic carbocycles. The second-order valence-corrected chi connectivity index (χ2v) is 1.62. The number of methoxy groups -OCH3 is 2. The predicted molar refractivity (Wildman–Crippen MR) is 34.7 cm³/mol. The zero-order valence-corrected chi connectivity index (χ0v) is 6.25. The molecule has 4 heteroatoms. The number of hydrogen-bond acceptors (Lipinski definition) is 4. The zero-order chi connectivity index (χ0) is 7.82. The molecule has 4 nitrogen and oxygen atoms in total. The van der Waals surface area contributed by atoms with E-state index in [1.54, 1.807) is 7.11 Å². The highest BCUT2D eigenvalue weighted by molar-refractivity contribution is 5.70. The number of hydrogen-bond donors (Lipinski definition) is 0. The molecular weight excluding hydrogens is 136 g/mol. The number of rotatable bonds is 5. The molecule has 0 bridgehead atoms. The van der Waals surface area contributed by atoms with Crippen LogP contribution >= 0.6 is 0 Å². The predicted octanol–water partition coefficient (Wildman–Crippen LogP) is -0.178. The van der Waals surface area contributed by atoms with Crippen molar-refractivity contribution in [3.63, 3.8) is 0 Å². The highest BCUT2D eigenvalue weighted by Crippen LogP contribution is 1.78. The Kier molecular flexibility index (Phi) is 6.11. The van der Waals surface area contributed by atoms with Crippen molar-refractivity contribution < 1.29 is 19.0 Å². The van der Waals surface area contributed by atoms with Crippen LogP contribution in [0.2, 0.25) is 0 Å². The third-order valence-corrected chi connectivity index (χ3v) is 0.879. The molecule has 0 aromatic heterocycles. The van der Waals surface area contributed by atoms with Crippen LogP contribution in [0.25, 0.3) is 0 Å². The Morgan fingerprint density at radius 3 is 2.50 bits per heavy atom. The fourth-order valence-electron chi connectivity index (χ4n) is 0.357. The van der Waals surface area contributed by atoms with Crippen molar-refractivity contribution in [2.75, 3.05) is 34.0 Å². The van der Waals surface area contributed by atoms with Gasteiger partial charge in [0.15, 0.2) is 0 Å². The summed E-state index contributed by atoms with van der Waals surface area (Å²) >= 11 is 0. The molecule has 0 aromatic rings. The summed E-state index contributed by atoms with van der Waals surface area (Å²) in [7, 11) is 2.89. The largest absolute Gasteiger partial charge is 0.467 e. The van der Waals surface area contributed by atoms with Gasteiger partial charge in [0.25, 0.3) is 0 Å². The molecule has 0 saturated carbocycles. The number of ether oxygens (including phenoxy) is 3. The summed E-state index contributed by atoms with van der Waals surface area (Å²) in [5.74, 6) is -0.365. The van der Waals surface area contributed by atoms with Gasteiger partial charge >= 0.3 is 5.97 Å². The number of carbonyl (C=O) groups excluding carboxylic acids is 1. The van der Waals surface area contributed by atoms with Crippen molar-refractivity contribution in [1.82, 2.24) is 0 Å². The van der Waals surface area contributed by atoms with E-state index in [9.17, 15) is 4.79 Å². The zero-order valence-electron chi connectivity index (χ0n) is 6.25. The first kappa shape index (κ1) is 9.39. The first-order valence-electron chi connectivity index (χ1n) is 2.94. The lowest BCUT2D eigenvalue weighted by Crippen LogP contribution is -2.12. The van der Waals surface area contributed by atoms with E-state index >= 15 is 0 Å². The highest BCUT2D eigenvalue weighted by Gasteiger charge is 1.97. The van der Waals surface area contributed by atoms with Crippen LogP contribution in [0.5, 0.6) is 0 Å². The maximum atomic E-state index is 10.4. The highest BCUT2D eigenvalue weighted by atomic mass is 16.6. The monoisotopic (exact) mass is 148 g/mol. The van der Waals surface area contributed by atoms with Gasteiger partial charge in [0, 0.05) is 7.11 Å². The van der Waals surface area contributed by atoms with Crippen LogP contribution in [0.1, 0.15) is 0 Å². The molecule has 0 rings (SSSR count). The van der Waals surface area contributed by atoms with Crippen molar-refractivity contribution in [3.8, 4) is 0 Å². The molecule has 0 aliphatic rings. The fourth-order valence-corrected chi connectivity index (χ4v) is 0.357. The molecule has 0 N–H and O–H groups in total. The van der Waals surface area contributed by atoms with Crippen LogP contribution in [-0.2, 0) is 19.0 Å². The first-order chi connectivity index (χ1) is 4.81. The Balaban J connectivity index is 2.96. The molecule has 0 atom stereocenters. The van der Waals surface area contributed by atoms with Crippen molar-refractivity contribution >= 4 is 5.97 Å². The van der Waals surface area contributed by atoms with Gasteiger partial charge in [-0.15, -0.1) is 0 Å². The lowest BCUT2D eigenvalue weighted by atomic mass is 10.7. The average Bonchev–Trinajstić information content (AvgIpc) is 1.98. The van der Waals surface area contributed by atoms with E-state index in [4.69, 9.17) is 4.74 Å². The first-order valence-corrected chi connectivity index (χ1v) is 2.94. The third-order valence-electron chi connectivity index (χ3n) is 0.879. The van der Waals surface area contributed by atoms with Crippen LogP contribution in [-0.4, -0.2) is 40.0 Å². The summed E-state index contributed by atoms with van der Waals surface area (Å²) in [4.78, 5) is 10.4. The SMILES string of the molecule is COCCOCC(=O)OC. The summed E-state index contributed by atoms with van der Waals surface area (Å²) in [6.45, 7) is 0.919. The van der Waals surface area contributed by atoms with Gasteiger partial charge in [0.05, 0.1) is 20.3 Å². The Morgan fingerprint density at radius 1 is 1.30 bits per heavy atom. The van der Waals surface area contributed by atoms with Gasteiger partial charge in [0.1, 0.15) is 6.61 Å². The molecule has 0 unspecified atom stereocenters. The van der Waals surface area contributed by atoms with Gasteiger partial charge in [-0.05, 0) is 0 Å². The molecule has 0 saturated heterocycles. The maximum absolute atomic E-state index is 10.4. The lowest BCUT2D eigenvalue weighted by molar-refractivity contribution is -0.146. The molecule has 0 radical (unpaired) electrons. The minimum Gasteiger partial charge on any atom is -0.467 e. The number of carbonyl (C=O) groups is 1. The summed E-state index contributed by atoms with van der Waals surface area (Å²) in [6, 6.07) is 0. The normalized spacial score (nSPS) is 9.40. The average molecular weight is 148 g/mol. The molecule has 10 heavy (non-hydrogen) atoms. The van der Waals surface area contributed by atoms with E-state index in [1.807, 2.05) is 0 Å². The summed E-state index contributed by atoms with van der Waals surface area (Å²) < 4.78 is 13.8. The van der Waals surface area contributed by atoms with Gasteiger partial charge in [-0.3, -0.25) is 0 Å². The number of esters is 1. The topological polar surface area (TPSA) is 44.8 Å². The van der Waals surface area contributed by atoms with Crippen molar-refractivity contribution in [2.45, 2.75) is 0 Å². The summed E-state index contributed by atoms with van der Waals surface area (Å²) in [5.41, 5.74) is 0. The molecule has 0 spiro atoms. The second kappa shape index (κ2) is 6.51. The molecule has 0 fully saturated rings. The molecule has 0 aromatic carbocycles. The van der Waals surface area contributed by atoms with Crippen LogP contribution in [0.3, 0.4) is 0 Å². The summed E-state index contributed by atoms with van der Waals surface area (Å²) in [5, 5.41) is 0. The van der Waals surface area contributed by atoms with E-state index in [0.717, 1.165) is 0 Å². The van der Waals surface area contributed by atoms with Crippen LogP contribution in [0, 0.1) is 0 Å². The van der Waals surface area contributed by atoms with E-state index in [0.29, 0.717) is 13.2 Å². The smallest absolute Gasteiger partial charge is 0.331 e. The van der Waals surface area contributed by atoms with Gasteiger partial charge in [-0.2, -0.15) is 0 Å². The second-order valence-electron chi connectivity index (χ2n) is 1.62. The summed E-state index contributed by atoms with van der Waals surface area (Å²) in [6.07, 6.45) is 0. The van der Waals surface area contributed by atoms with E-state index in [-0.39, 0.29) is 12.6 Å². The minimum absolute atomic E-state index is 0.000139. The molecule has 0 heterocycles. The maximum Gasteiger partial charge on any atom is 0.331 e. The van der Waals surface area contributed by atoms with Gasteiger partial charge in [0.2, 0.25) is 0 Å². The Labute approximate surface area is 60.1 Å². The van der Waals surface area contributed by atoms with Crippen molar-refractivity contribution in [1.29, 1.82) is 0 Å². The standard InChI is InChI=1S/C6H12O4/c1-8-3-4-10-5-6(7)9-2/h3-5H2,1-2H3. The molecule has 0 aliphatic heterocycles. The molecular formula is C6H12O4. The van der Waals surface area contributed by atoms with Crippen LogP contribution in [0.15, 0.2) is 0 Å². The third kappa shape index (κ3) is 5.53. The Bertz CT molecular complexity index is 91.7. The van der Waals surface area contributed by atoms with Gasteiger partial charge in [-0.25, -0.2) is 4.79 Å². The quantitative estimate of drug-likeness (QED) is 0.401. The van der Waals surface area contributed by atoms with Crippen LogP contribution in [0.4, 0.5) is 0 Å². The minimum atomic E-state index is -0.365. The lowest BCUT2D eigenvalue weighted by Gasteiger charge is -2.00. The fraction of sp³-hybridized carbons (Fsp3) is 0.833. The van der Waals surface area contributed by atoms with Crippen molar-refractivity contribution in [3.05, 3.63) is 0 Å². The Morgan fingerprint density at radius 2 is 2.00 bits per heavy atom. The van der Waals surface area contributed by atoms with E-state index < -0.39 is 0 Å². The molecule has 0 amide bonds. The molecule has 60 valence electrons. The van der Waals surface area contributed by atoms with E-state index in [1.165, 1.54) is 7.11 Å². The van der Waals surface area contributed by atoms with E-state index in [2.05, 4.69) is 9.47 Å². The van der Waals surface area contributed by atoms with Gasteiger partial charge in [-0.1, -0.05) is 0 Å². The van der Waals surface area contributed by atoms with Crippen molar-refractivity contribution in [2.24, 2.45) is 0 Å². The van der Waals surface area contributed by atoms with Gasteiger partial charge < -0.3 is 14.2 Å². The Hall–Kier alpha value is -0.610. The van der Waals surface area contributed by atoms with Crippen LogP contribution < -0.4 is 0 Å².